The van der Waals surface area contributed by atoms with Crippen LogP contribution in [0, 0.1) is 5.41 Å². The zero-order valence-electron chi connectivity index (χ0n) is 18.7. The van der Waals surface area contributed by atoms with Crippen molar-refractivity contribution in [2.45, 2.75) is 92.4 Å². The molecule has 1 heterocycles. The van der Waals surface area contributed by atoms with Crippen molar-refractivity contribution < 1.29 is 19.2 Å². The Kier molecular flexibility index (Phi) is 8.32. The molecule has 0 aliphatic carbocycles. The molecule has 1 rings (SSSR count). The number of hydrogen-bond acceptors (Lipinski definition) is 5. The van der Waals surface area contributed by atoms with Crippen molar-refractivity contribution in [1.82, 2.24) is 20.4 Å². The van der Waals surface area contributed by atoms with Gasteiger partial charge in [0.05, 0.1) is 12.8 Å². The van der Waals surface area contributed by atoms with Gasteiger partial charge in [-0.25, -0.2) is 0 Å². The Bertz CT molecular complexity index is 616. The summed E-state index contributed by atoms with van der Waals surface area (Å²) in [6, 6.07) is -0.467. The Hall–Kier alpha value is -2.03. The number of hydrogen-bond donors (Lipinski definition) is 2. The molecule has 8 nitrogen and oxygen atoms in total. The van der Waals surface area contributed by atoms with E-state index >= 15 is 0 Å². The van der Waals surface area contributed by atoms with E-state index in [9.17, 15) is 19.2 Å². The Morgan fingerprint density at radius 1 is 0.759 bits per heavy atom. The van der Waals surface area contributed by atoms with Gasteiger partial charge in [0.2, 0.25) is 23.6 Å². The molecule has 0 saturated carbocycles. The van der Waals surface area contributed by atoms with Crippen molar-refractivity contribution in [2.75, 3.05) is 0 Å². The monoisotopic (exact) mass is 426 g/mol. The lowest BCUT2D eigenvalue weighted by Gasteiger charge is -2.39. The summed E-state index contributed by atoms with van der Waals surface area (Å²) in [7, 11) is 0. The predicted molar refractivity (Wildman–Crippen MR) is 115 cm³/mol. The molecule has 2 N–H and O–H groups in total. The smallest absolute Gasteiger partial charge is 0.242 e. The second-order valence-electron chi connectivity index (χ2n) is 8.65. The predicted octanol–water partition coefficient (Wildman–Crippen LogP) is 1.57. The third kappa shape index (κ3) is 5.52. The van der Waals surface area contributed by atoms with Gasteiger partial charge in [0.15, 0.2) is 5.11 Å². The van der Waals surface area contributed by atoms with Gasteiger partial charge in [-0.3, -0.25) is 19.2 Å². The van der Waals surface area contributed by atoms with Gasteiger partial charge >= 0.3 is 0 Å². The van der Waals surface area contributed by atoms with E-state index in [1.807, 2.05) is 55.4 Å². The molecule has 0 aromatic heterocycles. The van der Waals surface area contributed by atoms with Crippen LogP contribution in [0.25, 0.3) is 0 Å². The number of rotatable bonds is 8. The summed E-state index contributed by atoms with van der Waals surface area (Å²) in [6.45, 7) is 14.9. The number of amides is 4. The fourth-order valence-corrected chi connectivity index (χ4v) is 4.19. The quantitative estimate of drug-likeness (QED) is 0.453. The standard InChI is InChI=1S/C20H34N4O4S/c1-11(2)23(12(3)4)15(25)9-20(17(27)21-19(29)22-18(20)28)10-16(26)24(13(5)6)14(7)8/h11-14H,9-10H2,1-8H3,(H2,21,22,27,28,29). The molecule has 0 aromatic carbocycles. The fourth-order valence-electron chi connectivity index (χ4n) is 4.01. The average molecular weight is 427 g/mol. The highest BCUT2D eigenvalue weighted by atomic mass is 32.1. The van der Waals surface area contributed by atoms with Gasteiger partial charge in [0.25, 0.3) is 0 Å². The Labute approximate surface area is 178 Å². The normalized spacial score (nSPS) is 16.3. The van der Waals surface area contributed by atoms with Crippen LogP contribution < -0.4 is 10.6 Å². The van der Waals surface area contributed by atoms with Crippen LogP contribution >= 0.6 is 12.2 Å². The third-order valence-corrected chi connectivity index (χ3v) is 5.23. The minimum atomic E-state index is -1.85. The molecule has 4 amide bonds. The minimum absolute atomic E-state index is 0.117. The average Bonchev–Trinajstić information content (AvgIpc) is 2.50. The summed E-state index contributed by atoms with van der Waals surface area (Å²) < 4.78 is 0. The van der Waals surface area contributed by atoms with Crippen LogP contribution in [0.1, 0.15) is 68.2 Å². The van der Waals surface area contributed by atoms with Gasteiger partial charge in [-0.05, 0) is 67.6 Å². The molecule has 0 atom stereocenters. The van der Waals surface area contributed by atoms with Gasteiger partial charge in [0.1, 0.15) is 5.41 Å². The van der Waals surface area contributed by atoms with Crippen LogP contribution in [0.3, 0.4) is 0 Å². The molecule has 0 bridgehead atoms. The molecular weight excluding hydrogens is 392 g/mol. The summed E-state index contributed by atoms with van der Waals surface area (Å²) in [5, 5.41) is 4.73. The maximum atomic E-state index is 13.1. The first kappa shape index (κ1) is 25.0. The molecule has 1 aliphatic heterocycles. The Morgan fingerprint density at radius 2 is 1.03 bits per heavy atom. The number of thiocarbonyl (C=S) groups is 1. The molecule has 0 spiro atoms. The van der Waals surface area contributed by atoms with E-state index in [1.54, 1.807) is 9.80 Å². The number of carbonyl (C=O) groups is 4. The zero-order valence-corrected chi connectivity index (χ0v) is 19.5. The van der Waals surface area contributed by atoms with Crippen LogP contribution in [0.2, 0.25) is 0 Å². The summed E-state index contributed by atoms with van der Waals surface area (Å²) in [6.07, 6.45) is -0.807. The van der Waals surface area contributed by atoms with E-state index in [0.29, 0.717) is 0 Å². The summed E-state index contributed by atoms with van der Waals surface area (Å²) in [5.41, 5.74) is -1.85. The summed E-state index contributed by atoms with van der Waals surface area (Å²) in [4.78, 5) is 55.3. The Morgan fingerprint density at radius 3 is 1.28 bits per heavy atom. The second kappa shape index (κ2) is 9.65. The van der Waals surface area contributed by atoms with Crippen molar-refractivity contribution in [3.05, 3.63) is 0 Å². The first-order chi connectivity index (χ1) is 13.2. The van der Waals surface area contributed by atoms with Gasteiger partial charge in [-0.15, -0.1) is 0 Å². The van der Waals surface area contributed by atoms with Gasteiger partial charge in [0, 0.05) is 24.2 Å². The zero-order chi connectivity index (χ0) is 22.7. The number of carbonyl (C=O) groups excluding carboxylic acids is 4. The summed E-state index contributed by atoms with van der Waals surface area (Å²) >= 11 is 4.90. The van der Waals surface area contributed by atoms with E-state index in [1.165, 1.54) is 0 Å². The van der Waals surface area contributed by atoms with Crippen molar-refractivity contribution in [2.24, 2.45) is 5.41 Å². The van der Waals surface area contributed by atoms with Crippen molar-refractivity contribution in [1.29, 1.82) is 0 Å². The number of nitrogens with one attached hydrogen (secondary N) is 2. The molecule has 0 aromatic rings. The van der Waals surface area contributed by atoms with E-state index in [0.717, 1.165) is 0 Å². The summed E-state index contributed by atoms with van der Waals surface area (Å²) in [5.74, 6) is -2.15. The SMILES string of the molecule is CC(C)N(C(=O)CC1(CC(=O)N(C(C)C)C(C)C)C(=O)NC(=S)NC1=O)C(C)C. The lowest BCUT2D eigenvalue weighted by atomic mass is 9.76. The third-order valence-electron chi connectivity index (χ3n) is 5.03. The van der Waals surface area contributed by atoms with Crippen molar-refractivity contribution in [3.8, 4) is 0 Å². The highest BCUT2D eigenvalue weighted by Gasteiger charge is 2.53. The second-order valence-corrected chi connectivity index (χ2v) is 9.06. The molecule has 1 aliphatic rings. The van der Waals surface area contributed by atoms with Crippen LogP contribution in [0.4, 0.5) is 0 Å². The van der Waals surface area contributed by atoms with Crippen molar-refractivity contribution >= 4 is 41.0 Å². The van der Waals surface area contributed by atoms with Crippen LogP contribution in [-0.2, 0) is 19.2 Å². The fraction of sp³-hybridized carbons (Fsp3) is 0.750. The van der Waals surface area contributed by atoms with Crippen LogP contribution in [0.5, 0.6) is 0 Å². The molecular formula is C20H34N4O4S. The van der Waals surface area contributed by atoms with E-state index in [4.69, 9.17) is 12.2 Å². The van der Waals surface area contributed by atoms with Gasteiger partial charge in [-0.1, -0.05) is 0 Å². The largest absolute Gasteiger partial charge is 0.338 e. The van der Waals surface area contributed by atoms with Crippen molar-refractivity contribution in [3.63, 3.8) is 0 Å². The van der Waals surface area contributed by atoms with Gasteiger partial charge in [-0.2, -0.15) is 0 Å². The van der Waals surface area contributed by atoms with Crippen LogP contribution in [-0.4, -0.2) is 62.7 Å². The molecule has 0 unspecified atom stereocenters. The van der Waals surface area contributed by atoms with E-state index < -0.39 is 30.1 Å². The van der Waals surface area contributed by atoms with E-state index in [-0.39, 0.29) is 41.1 Å². The lowest BCUT2D eigenvalue weighted by molar-refractivity contribution is -0.156. The Balaban J connectivity index is 3.36. The minimum Gasteiger partial charge on any atom is -0.338 e. The first-order valence-electron chi connectivity index (χ1n) is 10.0. The molecule has 164 valence electrons. The molecule has 9 heteroatoms. The first-order valence-corrected chi connectivity index (χ1v) is 10.4. The molecule has 1 saturated heterocycles. The maximum Gasteiger partial charge on any atom is 0.242 e. The van der Waals surface area contributed by atoms with E-state index in [2.05, 4.69) is 10.6 Å². The molecule has 29 heavy (non-hydrogen) atoms. The van der Waals surface area contributed by atoms with Crippen LogP contribution in [0.15, 0.2) is 0 Å². The molecule has 1 fully saturated rings. The lowest BCUT2D eigenvalue weighted by Crippen LogP contribution is -2.65. The topological polar surface area (TPSA) is 98.8 Å². The highest BCUT2D eigenvalue weighted by molar-refractivity contribution is 7.80. The number of nitrogens with zero attached hydrogens (tertiary/aromatic N) is 2. The molecule has 0 radical (unpaired) electrons. The highest BCUT2D eigenvalue weighted by Crippen LogP contribution is 2.33. The maximum absolute atomic E-state index is 13.1. The van der Waals surface area contributed by atoms with Gasteiger partial charge < -0.3 is 20.4 Å².